The van der Waals surface area contributed by atoms with E-state index in [1.807, 2.05) is 0 Å². The van der Waals surface area contributed by atoms with Gasteiger partial charge in [0.1, 0.15) is 6.04 Å². The van der Waals surface area contributed by atoms with E-state index >= 15 is 0 Å². The van der Waals surface area contributed by atoms with Gasteiger partial charge in [-0.2, -0.15) is 0 Å². The fourth-order valence-corrected chi connectivity index (χ4v) is 4.02. The average Bonchev–Trinajstić information content (AvgIpc) is 2.62. The van der Waals surface area contributed by atoms with Crippen LogP contribution in [0.4, 0.5) is 17.1 Å². The molecule has 0 bridgehead atoms. The first-order valence-electron chi connectivity index (χ1n) is 8.58. The second kappa shape index (κ2) is 8.39. The number of nitro groups is 1. The Hall–Kier alpha value is -3.27. The van der Waals surface area contributed by atoms with E-state index in [1.54, 1.807) is 25.1 Å². The Morgan fingerprint density at radius 2 is 1.83 bits per heavy atom. The Morgan fingerprint density at radius 3 is 2.38 bits per heavy atom. The zero-order chi connectivity index (χ0) is 21.9. The van der Waals surface area contributed by atoms with Gasteiger partial charge in [-0.25, -0.2) is 8.42 Å². The number of nitro benzene ring substituents is 1. The monoisotopic (exact) mass is 419 g/mol. The second-order valence-corrected chi connectivity index (χ2v) is 8.45. The molecular weight excluding hydrogens is 398 g/mol. The number of Topliss-reactive ketones (excluding diaryl/α,β-unsaturated/α-hetero) is 1. The molecule has 0 aromatic heterocycles. The van der Waals surface area contributed by atoms with Crippen molar-refractivity contribution in [3.8, 4) is 0 Å². The van der Waals surface area contributed by atoms with Crippen LogP contribution in [0.5, 0.6) is 0 Å². The number of hydrogen-bond acceptors (Lipinski definition) is 6. The van der Waals surface area contributed by atoms with Crippen LogP contribution in [0, 0.1) is 17.0 Å². The van der Waals surface area contributed by atoms with E-state index in [0.717, 1.165) is 16.6 Å². The van der Waals surface area contributed by atoms with Gasteiger partial charge in [-0.3, -0.25) is 24.0 Å². The largest absolute Gasteiger partial charge is 0.324 e. The van der Waals surface area contributed by atoms with Gasteiger partial charge < -0.3 is 5.32 Å². The number of benzene rings is 2. The summed E-state index contributed by atoms with van der Waals surface area (Å²) < 4.78 is 25.7. The van der Waals surface area contributed by atoms with Crippen LogP contribution in [0.3, 0.4) is 0 Å². The first-order chi connectivity index (χ1) is 13.4. The van der Waals surface area contributed by atoms with Crippen LogP contribution in [0.15, 0.2) is 42.5 Å². The van der Waals surface area contributed by atoms with Crippen molar-refractivity contribution in [3.63, 3.8) is 0 Å². The maximum Gasteiger partial charge on any atom is 0.271 e. The molecule has 0 saturated heterocycles. The standard InChI is InChI=1S/C19H21N3O6S/c1-12-8-9-17(22(25)26)11-18(12)21(29(4,27)28)13(2)19(24)20-16-7-5-6-15(10-16)14(3)23/h5-11,13H,1-4H3,(H,20,24)/t13-/m0/s1. The first-order valence-corrected chi connectivity index (χ1v) is 10.4. The van der Waals surface area contributed by atoms with Crippen molar-refractivity contribution in [1.29, 1.82) is 0 Å². The van der Waals surface area contributed by atoms with Gasteiger partial charge in [-0.05, 0) is 38.5 Å². The zero-order valence-electron chi connectivity index (χ0n) is 16.4. The highest BCUT2D eigenvalue weighted by Gasteiger charge is 2.31. The summed E-state index contributed by atoms with van der Waals surface area (Å²) in [5.74, 6) is -0.832. The fourth-order valence-electron chi connectivity index (χ4n) is 2.79. The minimum atomic E-state index is -3.95. The van der Waals surface area contributed by atoms with E-state index in [9.17, 15) is 28.1 Å². The third-order valence-electron chi connectivity index (χ3n) is 4.27. The van der Waals surface area contributed by atoms with Crippen LogP contribution in [0.1, 0.15) is 29.8 Å². The number of rotatable bonds is 7. The Balaban J connectivity index is 2.42. The van der Waals surface area contributed by atoms with E-state index < -0.39 is 26.9 Å². The molecule has 0 fully saturated rings. The lowest BCUT2D eigenvalue weighted by atomic mass is 10.1. The molecule has 0 heterocycles. The van der Waals surface area contributed by atoms with E-state index in [2.05, 4.69) is 5.32 Å². The third-order valence-corrected chi connectivity index (χ3v) is 5.49. The van der Waals surface area contributed by atoms with Crippen molar-refractivity contribution in [2.45, 2.75) is 26.8 Å². The van der Waals surface area contributed by atoms with Gasteiger partial charge in [-0.15, -0.1) is 0 Å². The molecule has 2 aromatic rings. The van der Waals surface area contributed by atoms with E-state index in [1.165, 1.54) is 32.0 Å². The first kappa shape index (κ1) is 22.0. The molecule has 0 unspecified atom stereocenters. The molecular formula is C19H21N3O6S. The normalized spacial score (nSPS) is 12.1. The number of hydrogen-bond donors (Lipinski definition) is 1. The van der Waals surface area contributed by atoms with Gasteiger partial charge in [0, 0.05) is 23.4 Å². The van der Waals surface area contributed by atoms with Gasteiger partial charge in [-0.1, -0.05) is 18.2 Å². The predicted molar refractivity (Wildman–Crippen MR) is 110 cm³/mol. The van der Waals surface area contributed by atoms with Crippen LogP contribution in [-0.2, 0) is 14.8 Å². The van der Waals surface area contributed by atoms with E-state index in [4.69, 9.17) is 0 Å². The number of sulfonamides is 1. The number of nitrogens with zero attached hydrogens (tertiary/aromatic N) is 2. The fraction of sp³-hybridized carbons (Fsp3) is 0.263. The molecule has 2 aromatic carbocycles. The number of ketones is 1. The molecule has 0 aliphatic heterocycles. The molecule has 0 radical (unpaired) electrons. The van der Waals surface area contributed by atoms with E-state index in [-0.39, 0.29) is 17.2 Å². The summed E-state index contributed by atoms with van der Waals surface area (Å²) in [6, 6.07) is 8.84. The summed E-state index contributed by atoms with van der Waals surface area (Å²) in [7, 11) is -3.95. The second-order valence-electron chi connectivity index (χ2n) is 6.59. The Kier molecular flexibility index (Phi) is 6.38. The molecule has 154 valence electrons. The molecule has 2 rings (SSSR count). The topological polar surface area (TPSA) is 127 Å². The van der Waals surface area contributed by atoms with Crippen molar-refractivity contribution < 1.29 is 22.9 Å². The minimum Gasteiger partial charge on any atom is -0.324 e. The Labute approximate surface area is 168 Å². The molecule has 1 amide bonds. The number of anilines is 2. The molecule has 0 aliphatic carbocycles. The molecule has 9 nitrogen and oxygen atoms in total. The summed E-state index contributed by atoms with van der Waals surface area (Å²) >= 11 is 0. The lowest BCUT2D eigenvalue weighted by Gasteiger charge is -2.29. The lowest BCUT2D eigenvalue weighted by Crippen LogP contribution is -2.45. The number of carbonyl (C=O) groups is 2. The van der Waals surface area contributed by atoms with Crippen molar-refractivity contribution in [1.82, 2.24) is 0 Å². The molecule has 0 saturated carbocycles. The van der Waals surface area contributed by atoms with Gasteiger partial charge in [0.2, 0.25) is 15.9 Å². The Bertz CT molecular complexity index is 1080. The molecule has 10 heteroatoms. The average molecular weight is 419 g/mol. The molecule has 1 atom stereocenters. The lowest BCUT2D eigenvalue weighted by molar-refractivity contribution is -0.384. The number of non-ortho nitro benzene ring substituents is 1. The van der Waals surface area contributed by atoms with Crippen molar-refractivity contribution >= 4 is 38.8 Å². The van der Waals surface area contributed by atoms with Gasteiger partial charge in [0.05, 0.1) is 16.9 Å². The Morgan fingerprint density at radius 1 is 1.17 bits per heavy atom. The quantitative estimate of drug-likeness (QED) is 0.418. The van der Waals surface area contributed by atoms with Crippen LogP contribution < -0.4 is 9.62 Å². The molecule has 0 aliphatic rings. The van der Waals surface area contributed by atoms with E-state index in [0.29, 0.717) is 16.8 Å². The third kappa shape index (κ3) is 5.17. The number of nitrogens with one attached hydrogen (secondary N) is 1. The summed E-state index contributed by atoms with van der Waals surface area (Å²) in [6.07, 6.45) is 0.922. The highest BCUT2D eigenvalue weighted by atomic mass is 32.2. The van der Waals surface area contributed by atoms with Crippen LogP contribution in [-0.4, -0.2) is 37.3 Å². The summed E-state index contributed by atoms with van der Waals surface area (Å²) in [5.41, 5.74) is 0.936. The molecule has 0 spiro atoms. The van der Waals surface area contributed by atoms with Crippen LogP contribution in [0.25, 0.3) is 0 Å². The van der Waals surface area contributed by atoms with Crippen LogP contribution >= 0.6 is 0 Å². The van der Waals surface area contributed by atoms with Gasteiger partial charge in [0.25, 0.3) is 5.69 Å². The summed E-state index contributed by atoms with van der Waals surface area (Å²) in [6.45, 7) is 4.36. The highest BCUT2D eigenvalue weighted by Crippen LogP contribution is 2.29. The summed E-state index contributed by atoms with van der Waals surface area (Å²) in [5, 5.41) is 13.7. The van der Waals surface area contributed by atoms with Crippen molar-refractivity contribution in [2.75, 3.05) is 15.9 Å². The number of aryl methyl sites for hydroxylation is 1. The number of carbonyl (C=O) groups excluding carboxylic acids is 2. The zero-order valence-corrected chi connectivity index (χ0v) is 17.2. The van der Waals surface area contributed by atoms with Crippen molar-refractivity contribution in [2.24, 2.45) is 0 Å². The smallest absolute Gasteiger partial charge is 0.271 e. The molecule has 1 N–H and O–H groups in total. The molecule has 29 heavy (non-hydrogen) atoms. The summed E-state index contributed by atoms with van der Waals surface area (Å²) in [4.78, 5) is 34.7. The maximum atomic E-state index is 12.7. The van der Waals surface area contributed by atoms with Gasteiger partial charge >= 0.3 is 0 Å². The van der Waals surface area contributed by atoms with Crippen molar-refractivity contribution in [3.05, 3.63) is 63.7 Å². The highest BCUT2D eigenvalue weighted by molar-refractivity contribution is 7.92. The predicted octanol–water partition coefficient (Wildman–Crippen LogP) is 2.90. The minimum absolute atomic E-state index is 0.0434. The van der Waals surface area contributed by atoms with Crippen LogP contribution in [0.2, 0.25) is 0 Å². The van der Waals surface area contributed by atoms with Gasteiger partial charge in [0.15, 0.2) is 5.78 Å². The number of amides is 1. The SMILES string of the molecule is CC(=O)c1cccc(NC(=O)[C@H](C)N(c2cc([N+](=O)[O-])ccc2C)S(C)(=O)=O)c1. The maximum absolute atomic E-state index is 12.7.